The van der Waals surface area contributed by atoms with E-state index in [4.69, 9.17) is 23.7 Å². The van der Waals surface area contributed by atoms with E-state index in [1.54, 1.807) is 0 Å². The number of benzene rings is 2. The highest BCUT2D eigenvalue weighted by Crippen LogP contribution is 2.37. The predicted octanol–water partition coefficient (Wildman–Crippen LogP) is 3.39. The van der Waals surface area contributed by atoms with Gasteiger partial charge in [0.25, 0.3) is 0 Å². The first-order valence-corrected chi connectivity index (χ1v) is 10.7. The number of rotatable bonds is 4. The molecule has 7 nitrogen and oxygen atoms in total. The van der Waals surface area contributed by atoms with Gasteiger partial charge < -0.3 is 23.7 Å². The minimum absolute atomic E-state index is 0.0300. The summed E-state index contributed by atoms with van der Waals surface area (Å²) in [6, 6.07) is 12.7. The molecule has 3 aliphatic rings. The standard InChI is InChI=1S/C24H27NO6/c1-27-24(26)16-6-8-25(9-7-16)23(17-2-4-21-19(10-17)12-28-14-30-21)18-3-5-22-20(11-18)13-29-15-31-22/h2-5,10-11,16,23H,6-9,12-15H2,1H3. The summed E-state index contributed by atoms with van der Waals surface area (Å²) in [6.07, 6.45) is 1.58. The van der Waals surface area contributed by atoms with Gasteiger partial charge in [0.1, 0.15) is 11.5 Å². The molecule has 0 unspecified atom stereocenters. The second kappa shape index (κ2) is 8.86. The van der Waals surface area contributed by atoms with Crippen molar-refractivity contribution < 1.29 is 28.5 Å². The van der Waals surface area contributed by atoms with Crippen molar-refractivity contribution in [2.24, 2.45) is 5.92 Å². The van der Waals surface area contributed by atoms with E-state index in [9.17, 15) is 4.79 Å². The van der Waals surface area contributed by atoms with Crippen molar-refractivity contribution in [2.45, 2.75) is 32.1 Å². The number of fused-ring (bicyclic) bond motifs is 2. The Morgan fingerprint density at radius 2 is 1.48 bits per heavy atom. The van der Waals surface area contributed by atoms with Gasteiger partial charge in [-0.05, 0) is 61.3 Å². The molecule has 0 spiro atoms. The number of hydrogen-bond donors (Lipinski definition) is 0. The molecule has 0 amide bonds. The molecule has 5 rings (SSSR count). The van der Waals surface area contributed by atoms with Gasteiger partial charge in [0, 0.05) is 11.1 Å². The summed E-state index contributed by atoms with van der Waals surface area (Å²) >= 11 is 0. The minimum Gasteiger partial charge on any atom is -0.469 e. The molecule has 0 aromatic heterocycles. The molecule has 0 bridgehead atoms. The van der Waals surface area contributed by atoms with Crippen LogP contribution in [0.2, 0.25) is 0 Å². The maximum atomic E-state index is 12.0. The van der Waals surface area contributed by atoms with Crippen molar-refractivity contribution in [3.05, 3.63) is 58.7 Å². The lowest BCUT2D eigenvalue weighted by Gasteiger charge is -2.38. The van der Waals surface area contributed by atoms with Gasteiger partial charge in [-0.25, -0.2) is 0 Å². The first kappa shape index (κ1) is 20.3. The van der Waals surface area contributed by atoms with Gasteiger partial charge in [0.05, 0.1) is 32.3 Å². The number of nitrogens with zero attached hydrogens (tertiary/aromatic N) is 1. The van der Waals surface area contributed by atoms with E-state index in [2.05, 4.69) is 29.2 Å². The molecule has 0 saturated carbocycles. The zero-order valence-corrected chi connectivity index (χ0v) is 17.7. The monoisotopic (exact) mass is 425 g/mol. The van der Waals surface area contributed by atoms with Crippen LogP contribution < -0.4 is 9.47 Å². The molecule has 1 fully saturated rings. The summed E-state index contributed by atoms with van der Waals surface area (Å²) < 4.78 is 27.2. The topological polar surface area (TPSA) is 66.5 Å². The summed E-state index contributed by atoms with van der Waals surface area (Å²) in [5.74, 6) is 1.62. The molecule has 0 atom stereocenters. The number of esters is 1. The molecule has 1 saturated heterocycles. The third kappa shape index (κ3) is 4.13. The van der Waals surface area contributed by atoms with Gasteiger partial charge in [0.15, 0.2) is 13.6 Å². The normalized spacial score (nSPS) is 19.2. The minimum atomic E-state index is -0.109. The van der Waals surface area contributed by atoms with Crippen molar-refractivity contribution in [3.8, 4) is 11.5 Å². The largest absolute Gasteiger partial charge is 0.469 e. The smallest absolute Gasteiger partial charge is 0.308 e. The van der Waals surface area contributed by atoms with Gasteiger partial charge >= 0.3 is 5.97 Å². The van der Waals surface area contributed by atoms with Crippen LogP contribution >= 0.6 is 0 Å². The number of hydrogen-bond acceptors (Lipinski definition) is 7. The molecule has 164 valence electrons. The Kier molecular flexibility index (Phi) is 5.80. The highest BCUT2D eigenvalue weighted by atomic mass is 16.7. The van der Waals surface area contributed by atoms with Gasteiger partial charge in [0.2, 0.25) is 0 Å². The van der Waals surface area contributed by atoms with E-state index >= 15 is 0 Å². The van der Waals surface area contributed by atoms with Crippen LogP contribution in [0.25, 0.3) is 0 Å². The van der Waals surface area contributed by atoms with E-state index < -0.39 is 0 Å². The van der Waals surface area contributed by atoms with Gasteiger partial charge in [-0.15, -0.1) is 0 Å². The highest BCUT2D eigenvalue weighted by Gasteiger charge is 2.32. The first-order valence-electron chi connectivity index (χ1n) is 10.7. The lowest BCUT2D eigenvalue weighted by Crippen LogP contribution is -2.39. The summed E-state index contributed by atoms with van der Waals surface area (Å²) in [6.45, 7) is 3.32. The van der Waals surface area contributed by atoms with Crippen molar-refractivity contribution in [1.29, 1.82) is 0 Å². The Hall–Kier alpha value is -2.61. The van der Waals surface area contributed by atoms with Crippen LogP contribution in [0.5, 0.6) is 11.5 Å². The predicted molar refractivity (Wildman–Crippen MR) is 112 cm³/mol. The molecule has 2 aromatic carbocycles. The fourth-order valence-corrected chi connectivity index (χ4v) is 4.73. The molecule has 0 radical (unpaired) electrons. The number of methoxy groups -OCH3 is 1. The lowest BCUT2D eigenvalue weighted by atomic mass is 9.90. The summed E-state index contributed by atoms with van der Waals surface area (Å²) in [4.78, 5) is 14.5. The number of likely N-dealkylation sites (tertiary alicyclic amines) is 1. The van der Waals surface area contributed by atoms with Crippen molar-refractivity contribution >= 4 is 5.97 Å². The summed E-state index contributed by atoms with van der Waals surface area (Å²) in [5, 5.41) is 0. The van der Waals surface area contributed by atoms with E-state index in [0.717, 1.165) is 48.6 Å². The van der Waals surface area contributed by atoms with Crippen LogP contribution in [0.3, 0.4) is 0 Å². The second-order valence-corrected chi connectivity index (χ2v) is 8.19. The molecule has 3 aliphatic heterocycles. The van der Waals surface area contributed by atoms with E-state index in [-0.39, 0.29) is 17.9 Å². The van der Waals surface area contributed by atoms with E-state index in [0.29, 0.717) is 26.8 Å². The summed E-state index contributed by atoms with van der Waals surface area (Å²) in [5.41, 5.74) is 4.48. The first-order chi connectivity index (χ1) is 15.2. The Labute approximate surface area is 181 Å². The highest BCUT2D eigenvalue weighted by molar-refractivity contribution is 5.72. The van der Waals surface area contributed by atoms with Crippen LogP contribution in [-0.2, 0) is 32.2 Å². The van der Waals surface area contributed by atoms with Crippen LogP contribution in [0.4, 0.5) is 0 Å². The Morgan fingerprint density at radius 3 is 2.00 bits per heavy atom. The third-order valence-corrected chi connectivity index (χ3v) is 6.34. The number of ether oxygens (including phenoxy) is 5. The Morgan fingerprint density at radius 1 is 0.935 bits per heavy atom. The Balaban J connectivity index is 1.48. The zero-order chi connectivity index (χ0) is 21.2. The number of piperidine rings is 1. The number of carbonyl (C=O) groups is 1. The van der Waals surface area contributed by atoms with E-state index in [1.807, 2.05) is 12.1 Å². The number of carbonyl (C=O) groups excluding carboxylic acids is 1. The zero-order valence-electron chi connectivity index (χ0n) is 17.7. The van der Waals surface area contributed by atoms with Crippen LogP contribution in [-0.4, -0.2) is 44.7 Å². The van der Waals surface area contributed by atoms with Crippen molar-refractivity contribution in [1.82, 2.24) is 4.90 Å². The molecule has 31 heavy (non-hydrogen) atoms. The van der Waals surface area contributed by atoms with Crippen LogP contribution in [0.15, 0.2) is 36.4 Å². The SMILES string of the molecule is COC(=O)C1CCN(C(c2ccc3c(c2)COCO3)c2ccc3c(c2)COCO3)CC1. The molecule has 0 N–H and O–H groups in total. The van der Waals surface area contributed by atoms with Crippen molar-refractivity contribution in [3.63, 3.8) is 0 Å². The maximum Gasteiger partial charge on any atom is 0.308 e. The fraction of sp³-hybridized carbons (Fsp3) is 0.458. The van der Waals surface area contributed by atoms with Gasteiger partial charge in [-0.2, -0.15) is 0 Å². The molecular weight excluding hydrogens is 398 g/mol. The summed E-state index contributed by atoms with van der Waals surface area (Å²) in [7, 11) is 1.46. The average Bonchev–Trinajstić information content (AvgIpc) is 2.84. The van der Waals surface area contributed by atoms with Gasteiger partial charge in [-0.1, -0.05) is 12.1 Å². The lowest BCUT2D eigenvalue weighted by molar-refractivity contribution is -0.147. The Bertz CT molecular complexity index is 894. The quantitative estimate of drug-likeness (QED) is 0.696. The van der Waals surface area contributed by atoms with Gasteiger partial charge in [-0.3, -0.25) is 9.69 Å². The van der Waals surface area contributed by atoms with E-state index in [1.165, 1.54) is 18.2 Å². The van der Waals surface area contributed by atoms with Crippen LogP contribution in [0.1, 0.15) is 41.1 Å². The maximum absolute atomic E-state index is 12.0. The average molecular weight is 425 g/mol. The second-order valence-electron chi connectivity index (χ2n) is 8.19. The third-order valence-electron chi connectivity index (χ3n) is 6.34. The fourth-order valence-electron chi connectivity index (χ4n) is 4.73. The van der Waals surface area contributed by atoms with Crippen molar-refractivity contribution in [2.75, 3.05) is 33.8 Å². The van der Waals surface area contributed by atoms with Crippen LogP contribution in [0, 0.1) is 5.92 Å². The molecule has 2 aromatic rings. The molecular formula is C24H27NO6. The molecule has 7 heteroatoms. The molecule has 0 aliphatic carbocycles. The molecule has 3 heterocycles.